The number of nitro groups is 1. The van der Waals surface area contributed by atoms with Crippen molar-refractivity contribution in [1.82, 2.24) is 10.2 Å². The summed E-state index contributed by atoms with van der Waals surface area (Å²) in [6, 6.07) is 4.62. The van der Waals surface area contributed by atoms with Crippen molar-refractivity contribution >= 4 is 29.7 Å². The van der Waals surface area contributed by atoms with Crippen molar-refractivity contribution < 1.29 is 4.92 Å². The lowest BCUT2D eigenvalue weighted by Crippen LogP contribution is -2.34. The second kappa shape index (κ2) is 8.54. The predicted octanol–water partition coefficient (Wildman–Crippen LogP) is 3.10. The van der Waals surface area contributed by atoms with Crippen LogP contribution in [-0.2, 0) is 6.54 Å². The van der Waals surface area contributed by atoms with Crippen molar-refractivity contribution in [2.24, 2.45) is 5.92 Å². The van der Waals surface area contributed by atoms with Gasteiger partial charge in [-0.05, 0) is 50.5 Å². The standard InChI is InChI=1S/C14H20ClN3O2.ClH/c1-17(9-11-4-6-16-7-5-11)10-12-8-13(18(19)20)2-3-14(12)15;/h2-3,8,11,16H,4-7,9-10H2,1H3;1H. The second-order valence-electron chi connectivity index (χ2n) is 5.42. The maximum atomic E-state index is 10.8. The second-order valence-corrected chi connectivity index (χ2v) is 5.83. The first-order valence-corrected chi connectivity index (χ1v) is 7.26. The summed E-state index contributed by atoms with van der Waals surface area (Å²) in [5.41, 5.74) is 0.914. The molecule has 1 aliphatic heterocycles. The molecule has 0 aliphatic carbocycles. The normalized spacial score (nSPS) is 15.8. The summed E-state index contributed by atoms with van der Waals surface area (Å²) in [6.07, 6.45) is 2.38. The van der Waals surface area contributed by atoms with Gasteiger partial charge in [0.25, 0.3) is 5.69 Å². The smallest absolute Gasteiger partial charge is 0.269 e. The molecule has 0 spiro atoms. The van der Waals surface area contributed by atoms with Gasteiger partial charge in [-0.3, -0.25) is 10.1 Å². The van der Waals surface area contributed by atoms with E-state index in [0.717, 1.165) is 25.2 Å². The van der Waals surface area contributed by atoms with Crippen LogP contribution in [0.25, 0.3) is 0 Å². The molecule has 1 aromatic rings. The Morgan fingerprint density at radius 1 is 1.43 bits per heavy atom. The molecule has 0 aromatic heterocycles. The Bertz CT molecular complexity index is 479. The molecular weight excluding hydrogens is 313 g/mol. The van der Waals surface area contributed by atoms with Gasteiger partial charge in [-0.1, -0.05) is 11.6 Å². The van der Waals surface area contributed by atoms with Gasteiger partial charge in [0.2, 0.25) is 0 Å². The van der Waals surface area contributed by atoms with E-state index in [2.05, 4.69) is 10.2 Å². The fraction of sp³-hybridized carbons (Fsp3) is 0.571. The SMILES string of the molecule is CN(Cc1cc([N+](=O)[O-])ccc1Cl)CC1CCNCC1.Cl. The highest BCUT2D eigenvalue weighted by Crippen LogP contribution is 2.24. The van der Waals surface area contributed by atoms with Crippen molar-refractivity contribution in [3.05, 3.63) is 38.9 Å². The maximum Gasteiger partial charge on any atom is 0.269 e. The van der Waals surface area contributed by atoms with E-state index < -0.39 is 0 Å². The molecule has 1 fully saturated rings. The van der Waals surface area contributed by atoms with Crippen LogP contribution in [0.15, 0.2) is 18.2 Å². The summed E-state index contributed by atoms with van der Waals surface area (Å²) in [5, 5.41) is 14.8. The van der Waals surface area contributed by atoms with Gasteiger partial charge in [0, 0.05) is 30.2 Å². The van der Waals surface area contributed by atoms with Gasteiger partial charge in [0.05, 0.1) is 4.92 Å². The van der Waals surface area contributed by atoms with Gasteiger partial charge in [-0.2, -0.15) is 0 Å². The van der Waals surface area contributed by atoms with Crippen molar-refractivity contribution in [1.29, 1.82) is 0 Å². The van der Waals surface area contributed by atoms with Crippen molar-refractivity contribution in [3.8, 4) is 0 Å². The molecule has 1 aromatic carbocycles. The lowest BCUT2D eigenvalue weighted by atomic mass is 9.97. The highest BCUT2D eigenvalue weighted by molar-refractivity contribution is 6.31. The van der Waals surface area contributed by atoms with E-state index >= 15 is 0 Å². The minimum Gasteiger partial charge on any atom is -0.317 e. The Morgan fingerprint density at radius 3 is 2.71 bits per heavy atom. The largest absolute Gasteiger partial charge is 0.317 e. The number of nitrogens with zero attached hydrogens (tertiary/aromatic N) is 2. The average molecular weight is 334 g/mol. The minimum absolute atomic E-state index is 0. The van der Waals surface area contributed by atoms with Crippen LogP contribution < -0.4 is 5.32 Å². The zero-order valence-corrected chi connectivity index (χ0v) is 13.6. The third-order valence-corrected chi connectivity index (χ3v) is 4.08. The molecule has 0 atom stereocenters. The Morgan fingerprint density at radius 2 is 2.10 bits per heavy atom. The molecule has 5 nitrogen and oxygen atoms in total. The number of hydrogen-bond donors (Lipinski definition) is 1. The van der Waals surface area contributed by atoms with E-state index in [9.17, 15) is 10.1 Å². The highest BCUT2D eigenvalue weighted by atomic mass is 35.5. The fourth-order valence-electron chi connectivity index (χ4n) is 2.66. The molecule has 21 heavy (non-hydrogen) atoms. The molecule has 1 aliphatic rings. The lowest BCUT2D eigenvalue weighted by molar-refractivity contribution is -0.384. The maximum absolute atomic E-state index is 10.8. The zero-order chi connectivity index (χ0) is 14.5. The number of nitro benzene ring substituents is 1. The van der Waals surface area contributed by atoms with Crippen LogP contribution in [0.5, 0.6) is 0 Å². The minimum atomic E-state index is -0.382. The Labute approximate surface area is 136 Å². The Balaban J connectivity index is 0.00000220. The number of piperidine rings is 1. The van der Waals surface area contributed by atoms with Crippen molar-refractivity contribution in [2.75, 3.05) is 26.7 Å². The van der Waals surface area contributed by atoms with Crippen LogP contribution in [0.1, 0.15) is 18.4 Å². The molecule has 0 amide bonds. The molecule has 1 heterocycles. The third kappa shape index (κ3) is 5.43. The van der Waals surface area contributed by atoms with Gasteiger partial charge >= 0.3 is 0 Å². The number of hydrogen-bond acceptors (Lipinski definition) is 4. The van der Waals surface area contributed by atoms with Crippen LogP contribution in [0, 0.1) is 16.0 Å². The third-order valence-electron chi connectivity index (χ3n) is 3.71. The molecule has 0 bridgehead atoms. The number of rotatable bonds is 5. The van der Waals surface area contributed by atoms with Gasteiger partial charge in [0.15, 0.2) is 0 Å². The fourth-order valence-corrected chi connectivity index (χ4v) is 2.83. The van der Waals surface area contributed by atoms with E-state index in [1.54, 1.807) is 12.1 Å². The van der Waals surface area contributed by atoms with Gasteiger partial charge in [0.1, 0.15) is 0 Å². The summed E-state index contributed by atoms with van der Waals surface area (Å²) in [5.74, 6) is 0.693. The molecule has 0 saturated carbocycles. The van der Waals surface area contributed by atoms with E-state index in [1.165, 1.54) is 18.9 Å². The predicted molar refractivity (Wildman–Crippen MR) is 87.3 cm³/mol. The van der Waals surface area contributed by atoms with E-state index in [0.29, 0.717) is 17.5 Å². The van der Waals surface area contributed by atoms with Crippen molar-refractivity contribution in [2.45, 2.75) is 19.4 Å². The summed E-state index contributed by atoms with van der Waals surface area (Å²) in [6.45, 7) is 3.80. The summed E-state index contributed by atoms with van der Waals surface area (Å²) in [7, 11) is 2.04. The molecule has 7 heteroatoms. The molecule has 1 N–H and O–H groups in total. The van der Waals surface area contributed by atoms with Crippen LogP contribution in [0.3, 0.4) is 0 Å². The molecule has 0 unspecified atom stereocenters. The first kappa shape index (κ1) is 18.2. The van der Waals surface area contributed by atoms with Crippen LogP contribution in [-0.4, -0.2) is 36.5 Å². The highest BCUT2D eigenvalue weighted by Gasteiger charge is 2.16. The number of benzene rings is 1. The van der Waals surface area contributed by atoms with Crippen LogP contribution >= 0.6 is 24.0 Å². The first-order chi connectivity index (χ1) is 9.56. The van der Waals surface area contributed by atoms with Gasteiger partial charge in [-0.15, -0.1) is 12.4 Å². The molecule has 118 valence electrons. The summed E-state index contributed by atoms with van der Waals surface area (Å²) in [4.78, 5) is 12.6. The lowest BCUT2D eigenvalue weighted by Gasteiger charge is -2.27. The summed E-state index contributed by atoms with van der Waals surface area (Å²) >= 11 is 6.13. The first-order valence-electron chi connectivity index (χ1n) is 6.88. The van der Waals surface area contributed by atoms with E-state index in [-0.39, 0.29) is 23.0 Å². The van der Waals surface area contributed by atoms with Crippen molar-refractivity contribution in [3.63, 3.8) is 0 Å². The van der Waals surface area contributed by atoms with Crippen LogP contribution in [0.4, 0.5) is 5.69 Å². The average Bonchev–Trinajstić information content (AvgIpc) is 2.42. The van der Waals surface area contributed by atoms with Crippen LogP contribution in [0.2, 0.25) is 5.02 Å². The van der Waals surface area contributed by atoms with E-state index in [1.807, 2.05) is 7.05 Å². The molecule has 1 saturated heterocycles. The monoisotopic (exact) mass is 333 g/mol. The topological polar surface area (TPSA) is 58.4 Å². The zero-order valence-electron chi connectivity index (χ0n) is 12.0. The Hall–Kier alpha value is -0.880. The molecule has 2 rings (SSSR count). The van der Waals surface area contributed by atoms with Gasteiger partial charge in [-0.25, -0.2) is 0 Å². The quantitative estimate of drug-likeness (QED) is 0.664. The van der Waals surface area contributed by atoms with E-state index in [4.69, 9.17) is 11.6 Å². The molecular formula is C14H21Cl2N3O2. The number of nitrogens with one attached hydrogen (secondary N) is 1. The Kier molecular flexibility index (Phi) is 7.39. The number of halogens is 2. The number of non-ortho nitro benzene ring substituents is 1. The van der Waals surface area contributed by atoms with Gasteiger partial charge < -0.3 is 10.2 Å². The molecule has 0 radical (unpaired) electrons. The summed E-state index contributed by atoms with van der Waals surface area (Å²) < 4.78 is 0.